The van der Waals surface area contributed by atoms with Crippen molar-refractivity contribution in [3.8, 4) is 0 Å². The summed E-state index contributed by atoms with van der Waals surface area (Å²) in [6.45, 7) is 18.8. The first-order chi connectivity index (χ1) is 16.7. The molecule has 0 amide bonds. The predicted octanol–water partition coefficient (Wildman–Crippen LogP) is 7.34. The van der Waals surface area contributed by atoms with Crippen molar-refractivity contribution in [2.24, 2.45) is 56.7 Å². The maximum absolute atomic E-state index is 13.8. The normalized spacial score (nSPS) is 56.9. The first kappa shape index (κ1) is 25.2. The molecule has 11 atom stereocenters. The molecule has 11 unspecified atom stereocenters. The molecule has 4 nitrogen and oxygen atoms in total. The smallest absolute Gasteiger partial charge is 0.313 e. The zero-order chi connectivity index (χ0) is 26.1. The average Bonchev–Trinajstić information content (AvgIpc) is 2.99. The van der Waals surface area contributed by atoms with Gasteiger partial charge in [0.1, 0.15) is 11.7 Å². The molecule has 202 valence electrons. The lowest BCUT2D eigenvalue weighted by atomic mass is 9.30. The fourth-order valence-electron chi connectivity index (χ4n) is 12.5. The highest BCUT2D eigenvalue weighted by Gasteiger charge is 2.81. The molecule has 0 aromatic rings. The molecule has 1 heterocycles. The summed E-state index contributed by atoms with van der Waals surface area (Å²) in [7, 11) is 0. The van der Waals surface area contributed by atoms with Crippen LogP contribution in [0.2, 0.25) is 0 Å². The van der Waals surface area contributed by atoms with Crippen molar-refractivity contribution in [1.29, 1.82) is 0 Å². The van der Waals surface area contributed by atoms with Crippen LogP contribution in [0.5, 0.6) is 0 Å². The van der Waals surface area contributed by atoms with Crippen LogP contribution in [0, 0.1) is 56.7 Å². The average molecular weight is 499 g/mol. The quantitative estimate of drug-likeness (QED) is 0.355. The Bertz CT molecular complexity index is 987. The van der Waals surface area contributed by atoms with Gasteiger partial charge in [-0.25, -0.2) is 0 Å². The molecule has 1 spiro atoms. The van der Waals surface area contributed by atoms with Crippen LogP contribution in [0.3, 0.4) is 0 Å². The molecular formula is C32H50O4. The summed E-state index contributed by atoms with van der Waals surface area (Å²) in [4.78, 5) is 25.7. The van der Waals surface area contributed by atoms with Crippen molar-refractivity contribution in [3.63, 3.8) is 0 Å². The number of hydrogen-bond donors (Lipinski definition) is 0. The van der Waals surface area contributed by atoms with Crippen LogP contribution < -0.4 is 0 Å². The molecule has 5 aliphatic carbocycles. The fraction of sp³-hybridized carbons (Fsp3) is 0.938. The molecule has 0 radical (unpaired) electrons. The minimum absolute atomic E-state index is 0.0126. The number of rotatable bonds is 1. The van der Waals surface area contributed by atoms with Gasteiger partial charge in [-0.15, -0.1) is 0 Å². The number of ether oxygens (including phenoxy) is 2. The van der Waals surface area contributed by atoms with E-state index in [9.17, 15) is 9.59 Å². The first-order valence-electron chi connectivity index (χ1n) is 15.1. The third-order valence-electron chi connectivity index (χ3n) is 14.6. The Labute approximate surface area is 219 Å². The van der Waals surface area contributed by atoms with Gasteiger partial charge in [0, 0.05) is 23.7 Å². The van der Waals surface area contributed by atoms with Crippen LogP contribution >= 0.6 is 0 Å². The highest BCUT2D eigenvalue weighted by atomic mass is 16.6. The lowest BCUT2D eigenvalue weighted by Gasteiger charge is -2.74. The van der Waals surface area contributed by atoms with Gasteiger partial charge < -0.3 is 9.47 Å². The summed E-state index contributed by atoms with van der Waals surface area (Å²) < 4.78 is 12.7. The molecule has 4 heteroatoms. The molecule has 2 bridgehead atoms. The van der Waals surface area contributed by atoms with E-state index in [2.05, 4.69) is 48.5 Å². The fourth-order valence-corrected chi connectivity index (χ4v) is 12.5. The van der Waals surface area contributed by atoms with Crippen LogP contribution in [0.1, 0.15) is 120 Å². The molecular weight excluding hydrogens is 448 g/mol. The zero-order valence-corrected chi connectivity index (χ0v) is 24.2. The maximum Gasteiger partial charge on any atom is 0.313 e. The summed E-state index contributed by atoms with van der Waals surface area (Å²) in [6, 6.07) is 0. The Morgan fingerprint density at radius 2 is 1.56 bits per heavy atom. The van der Waals surface area contributed by atoms with Crippen molar-refractivity contribution in [2.75, 3.05) is 0 Å². The van der Waals surface area contributed by atoms with Crippen molar-refractivity contribution in [1.82, 2.24) is 0 Å². The molecule has 0 aromatic heterocycles. The molecule has 6 aliphatic rings. The van der Waals surface area contributed by atoms with Crippen molar-refractivity contribution >= 4 is 11.9 Å². The third kappa shape index (κ3) is 2.63. The monoisotopic (exact) mass is 498 g/mol. The Hall–Kier alpha value is -1.06. The Kier molecular flexibility index (Phi) is 5.13. The van der Waals surface area contributed by atoms with Crippen LogP contribution in [0.4, 0.5) is 0 Å². The lowest BCUT2D eigenvalue weighted by Crippen LogP contribution is -2.72. The van der Waals surface area contributed by atoms with E-state index in [-0.39, 0.29) is 50.7 Å². The van der Waals surface area contributed by atoms with Gasteiger partial charge in [0.2, 0.25) is 0 Å². The van der Waals surface area contributed by atoms with E-state index >= 15 is 0 Å². The number of carbonyl (C=O) groups is 2. The van der Waals surface area contributed by atoms with E-state index in [1.807, 2.05) is 0 Å². The summed E-state index contributed by atoms with van der Waals surface area (Å²) in [5.74, 6) is 2.73. The highest BCUT2D eigenvalue weighted by Crippen LogP contribution is 2.80. The molecule has 0 N–H and O–H groups in total. The minimum Gasteiger partial charge on any atom is -0.462 e. The molecule has 6 fully saturated rings. The van der Waals surface area contributed by atoms with Gasteiger partial charge in [-0.1, -0.05) is 48.5 Å². The van der Waals surface area contributed by atoms with E-state index in [0.29, 0.717) is 29.6 Å². The van der Waals surface area contributed by atoms with Gasteiger partial charge in [-0.05, 0) is 98.7 Å². The van der Waals surface area contributed by atoms with Crippen molar-refractivity contribution in [3.05, 3.63) is 0 Å². The van der Waals surface area contributed by atoms with Gasteiger partial charge in [0.25, 0.3) is 0 Å². The number of hydrogen-bond acceptors (Lipinski definition) is 4. The van der Waals surface area contributed by atoms with E-state index in [1.54, 1.807) is 6.92 Å². The predicted molar refractivity (Wildman–Crippen MR) is 140 cm³/mol. The second kappa shape index (κ2) is 7.32. The Balaban J connectivity index is 1.41. The van der Waals surface area contributed by atoms with Gasteiger partial charge in [-0.2, -0.15) is 0 Å². The second-order valence-corrected chi connectivity index (χ2v) is 15.7. The summed E-state index contributed by atoms with van der Waals surface area (Å²) in [6.07, 6.45) is 11.0. The largest absolute Gasteiger partial charge is 0.462 e. The Morgan fingerprint density at radius 1 is 0.861 bits per heavy atom. The molecule has 36 heavy (non-hydrogen) atoms. The van der Waals surface area contributed by atoms with E-state index in [1.165, 1.54) is 12.8 Å². The van der Waals surface area contributed by atoms with E-state index in [0.717, 1.165) is 51.4 Å². The van der Waals surface area contributed by atoms with E-state index < -0.39 is 0 Å². The Morgan fingerprint density at radius 3 is 2.25 bits per heavy atom. The standard InChI is InChI=1S/C32H50O4/c1-19-9-15-31-18-17-30(8)29(7)14-10-22-27(4,5)24(35-21(3)33)12-13-28(22,6)23(29)11-16-32(30,36-26(31)34)25(31)20(19)2/h19-20,22-25H,9-18H2,1-8H3. The van der Waals surface area contributed by atoms with Crippen molar-refractivity contribution in [2.45, 2.75) is 131 Å². The molecule has 0 aromatic carbocycles. The van der Waals surface area contributed by atoms with Crippen molar-refractivity contribution < 1.29 is 19.1 Å². The van der Waals surface area contributed by atoms with Crippen LogP contribution in [-0.4, -0.2) is 23.6 Å². The maximum atomic E-state index is 13.8. The van der Waals surface area contributed by atoms with E-state index in [4.69, 9.17) is 9.47 Å². The van der Waals surface area contributed by atoms with Crippen LogP contribution in [0.15, 0.2) is 0 Å². The van der Waals surface area contributed by atoms with Gasteiger partial charge in [-0.3, -0.25) is 9.59 Å². The van der Waals surface area contributed by atoms with Crippen LogP contribution in [-0.2, 0) is 19.1 Å². The summed E-state index contributed by atoms with van der Waals surface area (Å²) in [5.41, 5.74) is -0.155. The third-order valence-corrected chi connectivity index (χ3v) is 14.6. The summed E-state index contributed by atoms with van der Waals surface area (Å²) in [5, 5.41) is 0. The lowest BCUT2D eigenvalue weighted by molar-refractivity contribution is -0.290. The number of esters is 2. The molecule has 1 saturated heterocycles. The van der Waals surface area contributed by atoms with Gasteiger partial charge >= 0.3 is 11.9 Å². The summed E-state index contributed by atoms with van der Waals surface area (Å²) >= 11 is 0. The molecule has 5 saturated carbocycles. The SMILES string of the molecule is CC(=O)OC1CCC2(C)C(CCC3(C)C2CCC24OC(=O)C5(CCC(C)C(C)C52)CCC34C)C1(C)C. The van der Waals surface area contributed by atoms with Crippen LogP contribution in [0.25, 0.3) is 0 Å². The second-order valence-electron chi connectivity index (χ2n) is 15.7. The number of carbonyl (C=O) groups excluding carboxylic acids is 2. The zero-order valence-electron chi connectivity index (χ0n) is 24.2. The van der Waals surface area contributed by atoms with Gasteiger partial charge in [0.05, 0.1) is 5.41 Å². The molecule has 1 aliphatic heterocycles. The van der Waals surface area contributed by atoms with Gasteiger partial charge in [0.15, 0.2) is 0 Å². The first-order valence-corrected chi connectivity index (χ1v) is 15.1. The minimum atomic E-state index is -0.296. The topological polar surface area (TPSA) is 52.6 Å². The molecule has 6 rings (SSSR count). The number of fused-ring (bicyclic) bond motifs is 4. The highest BCUT2D eigenvalue weighted by molar-refractivity contribution is 5.82.